The topological polar surface area (TPSA) is 51.8 Å². The minimum absolute atomic E-state index is 0.561. The Kier molecular flexibility index (Phi) is 3.50. The summed E-state index contributed by atoms with van der Waals surface area (Å²) in [5.74, 6) is 0.584. The third kappa shape index (κ3) is 2.68. The lowest BCUT2D eigenvalue weighted by Gasteiger charge is -2.06. The number of nitrogens with zero attached hydrogens (tertiary/aromatic N) is 2. The van der Waals surface area contributed by atoms with Crippen molar-refractivity contribution >= 4 is 28.9 Å². The number of hydrogen-bond acceptors (Lipinski definition) is 3. The number of anilines is 1. The molecule has 2 N–H and O–H groups in total. The summed E-state index contributed by atoms with van der Waals surface area (Å²) in [6.45, 7) is 1.99. The second kappa shape index (κ2) is 4.90. The zero-order valence-electron chi connectivity index (χ0n) is 9.24. The molecule has 0 aliphatic heterocycles. The molecule has 2 rings (SSSR count). The Hall–Kier alpha value is -1.32. The monoisotopic (exact) mass is 267 g/mol. The molecule has 88 valence electrons. The molecule has 1 aromatic carbocycles. The Morgan fingerprint density at radius 2 is 1.82 bits per heavy atom. The summed E-state index contributed by atoms with van der Waals surface area (Å²) in [5, 5.41) is 1.12. The van der Waals surface area contributed by atoms with Crippen LogP contribution >= 0.6 is 23.2 Å². The molecule has 3 nitrogen and oxygen atoms in total. The second-order valence-electron chi connectivity index (χ2n) is 3.61. The van der Waals surface area contributed by atoms with E-state index in [0.29, 0.717) is 21.6 Å². The van der Waals surface area contributed by atoms with E-state index >= 15 is 0 Å². The van der Waals surface area contributed by atoms with Gasteiger partial charge in [0, 0.05) is 15.6 Å². The SMILES string of the molecule is CCc1nc(-c2cc(Cl)cc(Cl)c2)ncc1N. The summed E-state index contributed by atoms with van der Waals surface area (Å²) < 4.78 is 0. The first-order valence-electron chi connectivity index (χ1n) is 5.18. The van der Waals surface area contributed by atoms with Gasteiger partial charge in [-0.1, -0.05) is 30.1 Å². The normalized spacial score (nSPS) is 10.5. The fourth-order valence-electron chi connectivity index (χ4n) is 1.53. The molecule has 1 heterocycles. The average Bonchev–Trinajstić information content (AvgIpc) is 2.28. The van der Waals surface area contributed by atoms with E-state index in [9.17, 15) is 0 Å². The van der Waals surface area contributed by atoms with Gasteiger partial charge in [0.05, 0.1) is 17.6 Å². The largest absolute Gasteiger partial charge is 0.396 e. The van der Waals surface area contributed by atoms with Gasteiger partial charge in [-0.25, -0.2) is 9.97 Å². The van der Waals surface area contributed by atoms with Crippen molar-refractivity contribution in [1.29, 1.82) is 0 Å². The van der Waals surface area contributed by atoms with Gasteiger partial charge in [-0.05, 0) is 24.6 Å². The number of nitrogens with two attached hydrogens (primary N) is 1. The van der Waals surface area contributed by atoms with Crippen LogP contribution < -0.4 is 5.73 Å². The number of hydrogen-bond donors (Lipinski definition) is 1. The Morgan fingerprint density at radius 3 is 2.41 bits per heavy atom. The lowest BCUT2D eigenvalue weighted by Crippen LogP contribution is -2.00. The molecule has 0 aliphatic carbocycles. The van der Waals surface area contributed by atoms with Crippen molar-refractivity contribution < 1.29 is 0 Å². The van der Waals surface area contributed by atoms with Crippen LogP contribution in [0.25, 0.3) is 11.4 Å². The molecule has 5 heteroatoms. The van der Waals surface area contributed by atoms with Crippen LogP contribution in [0.2, 0.25) is 10.0 Å². The van der Waals surface area contributed by atoms with Crippen LogP contribution in [-0.2, 0) is 6.42 Å². The molecule has 0 unspecified atom stereocenters. The summed E-state index contributed by atoms with van der Waals surface area (Å²) >= 11 is 11.9. The fraction of sp³-hybridized carbons (Fsp3) is 0.167. The van der Waals surface area contributed by atoms with Crippen molar-refractivity contribution in [3.8, 4) is 11.4 Å². The van der Waals surface area contributed by atoms with Crippen LogP contribution in [0.15, 0.2) is 24.4 Å². The summed E-state index contributed by atoms with van der Waals surface area (Å²) in [4.78, 5) is 8.58. The molecule has 0 atom stereocenters. The highest BCUT2D eigenvalue weighted by atomic mass is 35.5. The van der Waals surface area contributed by atoms with E-state index in [1.807, 2.05) is 6.92 Å². The lowest BCUT2D eigenvalue weighted by atomic mass is 10.2. The number of benzene rings is 1. The van der Waals surface area contributed by atoms with Crippen molar-refractivity contribution in [2.45, 2.75) is 13.3 Å². The maximum atomic E-state index is 5.94. The van der Waals surface area contributed by atoms with Crippen molar-refractivity contribution in [3.63, 3.8) is 0 Å². The van der Waals surface area contributed by atoms with Gasteiger partial charge < -0.3 is 5.73 Å². The maximum Gasteiger partial charge on any atom is 0.159 e. The highest BCUT2D eigenvalue weighted by molar-refractivity contribution is 6.35. The Bertz CT molecular complexity index is 535. The maximum absolute atomic E-state index is 5.94. The van der Waals surface area contributed by atoms with Crippen LogP contribution in [0.3, 0.4) is 0 Å². The smallest absolute Gasteiger partial charge is 0.159 e. The van der Waals surface area contributed by atoms with E-state index in [1.165, 1.54) is 0 Å². The molecule has 0 bridgehead atoms. The van der Waals surface area contributed by atoms with Crippen molar-refractivity contribution in [2.75, 3.05) is 5.73 Å². The molecule has 0 aliphatic rings. The van der Waals surface area contributed by atoms with Crippen LogP contribution in [-0.4, -0.2) is 9.97 Å². The van der Waals surface area contributed by atoms with Crippen LogP contribution in [0.1, 0.15) is 12.6 Å². The minimum Gasteiger partial charge on any atom is -0.396 e. The van der Waals surface area contributed by atoms with Gasteiger partial charge in [-0.15, -0.1) is 0 Å². The highest BCUT2D eigenvalue weighted by Crippen LogP contribution is 2.25. The van der Waals surface area contributed by atoms with Gasteiger partial charge in [0.25, 0.3) is 0 Å². The second-order valence-corrected chi connectivity index (χ2v) is 4.48. The molecule has 0 amide bonds. The quantitative estimate of drug-likeness (QED) is 0.905. The lowest BCUT2D eigenvalue weighted by molar-refractivity contribution is 1.01. The zero-order valence-corrected chi connectivity index (χ0v) is 10.8. The van der Waals surface area contributed by atoms with E-state index in [4.69, 9.17) is 28.9 Å². The van der Waals surface area contributed by atoms with Crippen LogP contribution in [0, 0.1) is 0 Å². The standard InChI is InChI=1S/C12H11Cl2N3/c1-2-11-10(15)6-16-12(17-11)7-3-8(13)5-9(14)4-7/h3-6H,2,15H2,1H3. The van der Waals surface area contributed by atoms with Gasteiger partial charge in [0.2, 0.25) is 0 Å². The summed E-state index contributed by atoms with van der Waals surface area (Å²) in [6.07, 6.45) is 2.37. The first-order valence-corrected chi connectivity index (χ1v) is 5.93. The van der Waals surface area contributed by atoms with E-state index in [1.54, 1.807) is 24.4 Å². The van der Waals surface area contributed by atoms with E-state index in [-0.39, 0.29) is 0 Å². The third-order valence-corrected chi connectivity index (χ3v) is 2.79. The van der Waals surface area contributed by atoms with E-state index < -0.39 is 0 Å². The molecular weight excluding hydrogens is 257 g/mol. The highest BCUT2D eigenvalue weighted by Gasteiger charge is 2.07. The number of halogens is 2. The molecular formula is C12H11Cl2N3. The average molecular weight is 268 g/mol. The number of nitrogen functional groups attached to an aromatic ring is 1. The molecule has 0 spiro atoms. The number of aryl methyl sites for hydroxylation is 1. The first kappa shape index (κ1) is 12.1. The van der Waals surface area contributed by atoms with Crippen LogP contribution in [0.5, 0.6) is 0 Å². The molecule has 17 heavy (non-hydrogen) atoms. The molecule has 1 aromatic heterocycles. The Labute approximate surface area is 110 Å². The van der Waals surface area contributed by atoms with Gasteiger partial charge >= 0.3 is 0 Å². The predicted molar refractivity (Wildman–Crippen MR) is 71.3 cm³/mol. The van der Waals surface area contributed by atoms with Gasteiger partial charge in [0.1, 0.15) is 0 Å². The molecule has 0 saturated carbocycles. The van der Waals surface area contributed by atoms with E-state index in [0.717, 1.165) is 17.7 Å². The molecule has 0 fully saturated rings. The van der Waals surface area contributed by atoms with Gasteiger partial charge in [-0.2, -0.15) is 0 Å². The van der Waals surface area contributed by atoms with Crippen molar-refractivity contribution in [3.05, 3.63) is 40.1 Å². The van der Waals surface area contributed by atoms with Gasteiger partial charge in [0.15, 0.2) is 5.82 Å². The predicted octanol–water partition coefficient (Wildman–Crippen LogP) is 3.60. The summed E-state index contributed by atoms with van der Waals surface area (Å²) in [6, 6.07) is 5.22. The van der Waals surface area contributed by atoms with Crippen molar-refractivity contribution in [1.82, 2.24) is 9.97 Å². The Morgan fingerprint density at radius 1 is 1.18 bits per heavy atom. The number of aromatic nitrogens is 2. The zero-order chi connectivity index (χ0) is 12.4. The third-order valence-electron chi connectivity index (χ3n) is 2.36. The van der Waals surface area contributed by atoms with Crippen LogP contribution in [0.4, 0.5) is 5.69 Å². The summed E-state index contributed by atoms with van der Waals surface area (Å²) in [7, 11) is 0. The first-order chi connectivity index (χ1) is 8.10. The van der Waals surface area contributed by atoms with E-state index in [2.05, 4.69) is 9.97 Å². The summed E-state index contributed by atoms with van der Waals surface area (Å²) in [5.41, 5.74) is 7.98. The molecule has 0 radical (unpaired) electrons. The molecule has 0 saturated heterocycles. The number of rotatable bonds is 2. The Balaban J connectivity index is 2.52. The minimum atomic E-state index is 0.561. The fourth-order valence-corrected chi connectivity index (χ4v) is 2.06. The van der Waals surface area contributed by atoms with Crippen molar-refractivity contribution in [2.24, 2.45) is 0 Å². The molecule has 2 aromatic rings. The van der Waals surface area contributed by atoms with Gasteiger partial charge in [-0.3, -0.25) is 0 Å².